The Hall–Kier alpha value is -2.42. The summed E-state index contributed by atoms with van der Waals surface area (Å²) >= 11 is 0. The van der Waals surface area contributed by atoms with Crippen LogP contribution in [0.3, 0.4) is 0 Å². The number of methoxy groups -OCH3 is 1. The number of nitrogens with zero attached hydrogens (tertiary/aromatic N) is 4. The Balaban J connectivity index is 1.66. The lowest BCUT2D eigenvalue weighted by Gasteiger charge is -2.14. The second-order valence-electron chi connectivity index (χ2n) is 6.36. The molecular weight excluding hydrogens is 349 g/mol. The molecule has 0 bridgehead atoms. The smallest absolute Gasteiger partial charge is 0.384 e. The number of amides is 1. The van der Waals surface area contributed by atoms with Gasteiger partial charge in [-0.15, -0.1) is 5.10 Å². The summed E-state index contributed by atoms with van der Waals surface area (Å²) in [5.74, 6) is 0.0861. The zero-order chi connectivity index (χ0) is 18.7. The topological polar surface area (TPSA) is 60.2 Å². The molecule has 9 heteroatoms. The number of carbonyl (C=O) groups excluding carboxylic acids is 1. The molecule has 1 saturated heterocycles. The van der Waals surface area contributed by atoms with Crippen LogP contribution in [-0.2, 0) is 17.5 Å². The van der Waals surface area contributed by atoms with Gasteiger partial charge in [0, 0.05) is 26.1 Å². The van der Waals surface area contributed by atoms with E-state index in [9.17, 15) is 18.0 Å². The number of halogens is 3. The molecule has 0 N–H and O–H groups in total. The molecule has 1 amide bonds. The number of ether oxygens (including phenoxy) is 1. The van der Waals surface area contributed by atoms with Gasteiger partial charge in [0.15, 0.2) is 5.69 Å². The molecule has 1 aromatic carbocycles. The molecule has 3 rings (SSSR count). The Morgan fingerprint density at radius 3 is 2.92 bits per heavy atom. The van der Waals surface area contributed by atoms with Gasteiger partial charge >= 0.3 is 6.18 Å². The number of alkyl halides is 3. The van der Waals surface area contributed by atoms with Crippen LogP contribution in [-0.4, -0.2) is 52.6 Å². The number of benzene rings is 1. The maximum absolute atomic E-state index is 12.8. The van der Waals surface area contributed by atoms with E-state index < -0.39 is 11.7 Å². The van der Waals surface area contributed by atoms with Crippen molar-refractivity contribution in [2.24, 2.45) is 5.92 Å². The van der Waals surface area contributed by atoms with Gasteiger partial charge in [0.1, 0.15) is 0 Å². The second-order valence-corrected chi connectivity index (χ2v) is 6.36. The summed E-state index contributed by atoms with van der Waals surface area (Å²) < 4.78 is 44.8. The van der Waals surface area contributed by atoms with E-state index in [0.717, 1.165) is 18.6 Å². The fourth-order valence-electron chi connectivity index (χ4n) is 3.06. The zero-order valence-corrected chi connectivity index (χ0v) is 14.2. The van der Waals surface area contributed by atoms with Crippen LogP contribution < -0.4 is 0 Å². The standard InChI is InChI=1S/C17H19F3N4O2/c1-26-11-13-5-6-23(8-13)16(25)15-10-24(22-21-15)9-12-3-2-4-14(7-12)17(18,19)20/h2-4,7,10,13H,5-6,8-9,11H2,1H3/t13-/m0/s1. The molecule has 2 aromatic rings. The molecule has 1 atom stereocenters. The Morgan fingerprint density at radius 2 is 2.19 bits per heavy atom. The summed E-state index contributed by atoms with van der Waals surface area (Å²) in [5, 5.41) is 7.73. The molecular formula is C17H19F3N4O2. The van der Waals surface area contributed by atoms with Crippen LogP contribution in [0.25, 0.3) is 0 Å². The minimum Gasteiger partial charge on any atom is -0.384 e. The van der Waals surface area contributed by atoms with Gasteiger partial charge in [0.05, 0.1) is 24.9 Å². The molecule has 1 aliphatic heterocycles. The average Bonchev–Trinajstić information content (AvgIpc) is 3.24. The summed E-state index contributed by atoms with van der Waals surface area (Å²) in [6, 6.07) is 5.01. The van der Waals surface area contributed by atoms with E-state index in [-0.39, 0.29) is 18.1 Å². The first-order chi connectivity index (χ1) is 12.4. The summed E-state index contributed by atoms with van der Waals surface area (Å²) in [5.41, 5.74) is -0.0900. The van der Waals surface area contributed by atoms with E-state index in [1.54, 1.807) is 18.1 Å². The molecule has 0 radical (unpaired) electrons. The van der Waals surface area contributed by atoms with Crippen molar-refractivity contribution in [1.82, 2.24) is 19.9 Å². The van der Waals surface area contributed by atoms with Crippen molar-refractivity contribution in [1.29, 1.82) is 0 Å². The van der Waals surface area contributed by atoms with Gasteiger partial charge in [-0.25, -0.2) is 4.68 Å². The van der Waals surface area contributed by atoms with Gasteiger partial charge in [0.2, 0.25) is 0 Å². The minimum atomic E-state index is -4.39. The molecule has 0 saturated carbocycles. The van der Waals surface area contributed by atoms with Crippen molar-refractivity contribution in [3.63, 3.8) is 0 Å². The maximum Gasteiger partial charge on any atom is 0.416 e. The number of hydrogen-bond donors (Lipinski definition) is 0. The first kappa shape index (κ1) is 18.4. The highest BCUT2D eigenvalue weighted by atomic mass is 19.4. The van der Waals surface area contributed by atoms with Crippen molar-refractivity contribution in [2.45, 2.75) is 19.1 Å². The van der Waals surface area contributed by atoms with Crippen LogP contribution in [0.5, 0.6) is 0 Å². The molecule has 2 heterocycles. The molecule has 26 heavy (non-hydrogen) atoms. The monoisotopic (exact) mass is 368 g/mol. The third-order valence-corrected chi connectivity index (χ3v) is 4.33. The van der Waals surface area contributed by atoms with E-state index in [2.05, 4.69) is 10.3 Å². The fraction of sp³-hybridized carbons (Fsp3) is 0.471. The quantitative estimate of drug-likeness (QED) is 0.814. The summed E-state index contributed by atoms with van der Waals surface area (Å²) in [7, 11) is 1.63. The van der Waals surface area contributed by atoms with Gasteiger partial charge in [-0.1, -0.05) is 17.3 Å². The van der Waals surface area contributed by atoms with Crippen molar-refractivity contribution in [3.8, 4) is 0 Å². The third-order valence-electron chi connectivity index (χ3n) is 4.33. The van der Waals surface area contributed by atoms with Gasteiger partial charge in [0.25, 0.3) is 5.91 Å². The van der Waals surface area contributed by atoms with Crippen LogP contribution in [0.1, 0.15) is 28.0 Å². The predicted molar refractivity (Wildman–Crippen MR) is 86.5 cm³/mol. The molecule has 1 fully saturated rings. The highest BCUT2D eigenvalue weighted by molar-refractivity contribution is 5.92. The number of aromatic nitrogens is 3. The van der Waals surface area contributed by atoms with Crippen molar-refractivity contribution < 1.29 is 22.7 Å². The van der Waals surface area contributed by atoms with E-state index in [1.807, 2.05) is 0 Å². The molecule has 1 aromatic heterocycles. The largest absolute Gasteiger partial charge is 0.416 e. The SMILES string of the molecule is COC[C@H]1CCN(C(=O)c2cn(Cc3cccc(C(F)(F)F)c3)nn2)C1. The van der Waals surface area contributed by atoms with Crippen molar-refractivity contribution in [2.75, 3.05) is 26.8 Å². The Kier molecular flexibility index (Phi) is 5.26. The Morgan fingerprint density at radius 1 is 1.38 bits per heavy atom. The highest BCUT2D eigenvalue weighted by Gasteiger charge is 2.30. The number of carbonyl (C=O) groups is 1. The molecule has 0 unspecified atom stereocenters. The number of hydrogen-bond acceptors (Lipinski definition) is 4. The van der Waals surface area contributed by atoms with Crippen molar-refractivity contribution in [3.05, 3.63) is 47.3 Å². The lowest BCUT2D eigenvalue weighted by molar-refractivity contribution is -0.137. The highest BCUT2D eigenvalue weighted by Crippen LogP contribution is 2.29. The average molecular weight is 368 g/mol. The van der Waals surface area contributed by atoms with Gasteiger partial charge in [-0.3, -0.25) is 4.79 Å². The lowest BCUT2D eigenvalue weighted by Crippen LogP contribution is -2.29. The van der Waals surface area contributed by atoms with Crippen molar-refractivity contribution >= 4 is 5.91 Å². The zero-order valence-electron chi connectivity index (χ0n) is 14.2. The van der Waals surface area contributed by atoms with E-state index in [1.165, 1.54) is 16.9 Å². The first-order valence-corrected chi connectivity index (χ1v) is 8.21. The molecule has 0 spiro atoms. The minimum absolute atomic E-state index is 0.108. The Labute approximate surface area is 148 Å². The van der Waals surface area contributed by atoms with E-state index in [4.69, 9.17) is 4.74 Å². The third kappa shape index (κ3) is 4.21. The normalized spacial score (nSPS) is 17.7. The first-order valence-electron chi connectivity index (χ1n) is 8.21. The Bertz CT molecular complexity index is 775. The van der Waals surface area contributed by atoms with Crippen LogP contribution in [0.2, 0.25) is 0 Å². The van der Waals surface area contributed by atoms with Gasteiger partial charge < -0.3 is 9.64 Å². The summed E-state index contributed by atoms with van der Waals surface area (Å²) in [6.45, 7) is 1.95. The molecule has 1 aliphatic rings. The molecule has 140 valence electrons. The van der Waals surface area contributed by atoms with Gasteiger partial charge in [-0.05, 0) is 24.1 Å². The maximum atomic E-state index is 12.8. The van der Waals surface area contributed by atoms with Crippen LogP contribution >= 0.6 is 0 Å². The number of likely N-dealkylation sites (tertiary alicyclic amines) is 1. The van der Waals surface area contributed by atoms with Crippen LogP contribution in [0.4, 0.5) is 13.2 Å². The predicted octanol–water partition coefficient (Wildman–Crippen LogP) is 2.45. The van der Waals surface area contributed by atoms with Crippen LogP contribution in [0, 0.1) is 5.92 Å². The number of rotatable bonds is 5. The summed E-state index contributed by atoms with van der Waals surface area (Å²) in [6.07, 6.45) is -2.06. The molecule has 0 aliphatic carbocycles. The molecule has 6 nitrogen and oxygen atoms in total. The fourth-order valence-corrected chi connectivity index (χ4v) is 3.06. The summed E-state index contributed by atoms with van der Waals surface area (Å²) in [4.78, 5) is 14.2. The lowest BCUT2D eigenvalue weighted by atomic mass is 10.1. The van der Waals surface area contributed by atoms with E-state index in [0.29, 0.717) is 31.2 Å². The van der Waals surface area contributed by atoms with Gasteiger partial charge in [-0.2, -0.15) is 13.2 Å². The van der Waals surface area contributed by atoms with Crippen LogP contribution in [0.15, 0.2) is 30.5 Å². The van der Waals surface area contributed by atoms with E-state index >= 15 is 0 Å². The second kappa shape index (κ2) is 7.45.